The zero-order valence-corrected chi connectivity index (χ0v) is 11.7. The van der Waals surface area contributed by atoms with E-state index in [1.54, 1.807) is 0 Å². The average Bonchev–Trinajstić information content (AvgIpc) is 2.39. The van der Waals surface area contributed by atoms with Gasteiger partial charge in [-0.3, -0.25) is 0 Å². The van der Waals surface area contributed by atoms with Crippen molar-refractivity contribution in [2.24, 2.45) is 0 Å². The fourth-order valence-electron chi connectivity index (χ4n) is 2.24. The molecule has 2 rings (SSSR count). The maximum atomic E-state index is 3.87. The summed E-state index contributed by atoms with van der Waals surface area (Å²) in [6, 6.07) is 17.3. The molecule has 1 heteroatoms. The summed E-state index contributed by atoms with van der Waals surface area (Å²) in [6.45, 7) is 8.92. The van der Waals surface area contributed by atoms with Crippen molar-refractivity contribution < 1.29 is 0 Å². The van der Waals surface area contributed by atoms with Gasteiger partial charge in [-0.2, -0.15) is 0 Å². The molecule has 0 aliphatic rings. The summed E-state index contributed by atoms with van der Waals surface area (Å²) in [6.07, 6.45) is 1.01. The topological polar surface area (TPSA) is 12.0 Å². The first-order chi connectivity index (χ1) is 9.16. The molecule has 0 aliphatic carbocycles. The van der Waals surface area contributed by atoms with Crippen LogP contribution in [0.25, 0.3) is 11.1 Å². The number of benzene rings is 2. The lowest BCUT2D eigenvalue weighted by atomic mass is 9.96. The number of hydrogen-bond donors (Lipinski definition) is 1. The molecule has 2 aromatic rings. The van der Waals surface area contributed by atoms with Gasteiger partial charge in [-0.15, -0.1) is 0 Å². The second-order valence-corrected chi connectivity index (χ2v) is 4.98. The minimum atomic E-state index is 0.929. The van der Waals surface area contributed by atoms with Crippen molar-refractivity contribution in [1.29, 1.82) is 0 Å². The van der Waals surface area contributed by atoms with E-state index in [1.165, 1.54) is 22.3 Å². The molecule has 19 heavy (non-hydrogen) atoms. The standard InChI is InChI=1S/C18H21N/c1-14(2)19-12-11-16-8-4-5-10-18(16)17-9-6-7-15(3)13-17/h4-10,13,19H,1,11-12H2,2-3H3. The summed E-state index contributed by atoms with van der Waals surface area (Å²) < 4.78 is 0. The average molecular weight is 251 g/mol. The highest BCUT2D eigenvalue weighted by Gasteiger charge is 2.04. The third-order valence-corrected chi connectivity index (χ3v) is 3.17. The van der Waals surface area contributed by atoms with Crippen LogP contribution in [0.1, 0.15) is 18.1 Å². The van der Waals surface area contributed by atoms with Crippen molar-refractivity contribution in [2.75, 3.05) is 6.54 Å². The Bertz CT molecular complexity index is 569. The van der Waals surface area contributed by atoms with Crippen LogP contribution >= 0.6 is 0 Å². The summed E-state index contributed by atoms with van der Waals surface area (Å²) in [5.74, 6) is 0. The van der Waals surface area contributed by atoms with Crippen LogP contribution < -0.4 is 5.32 Å². The number of hydrogen-bond acceptors (Lipinski definition) is 1. The van der Waals surface area contributed by atoms with Crippen LogP contribution in [0, 0.1) is 6.92 Å². The van der Waals surface area contributed by atoms with Gasteiger partial charge in [-0.25, -0.2) is 0 Å². The predicted octanol–water partition coefficient (Wildman–Crippen LogP) is 4.33. The smallest absolute Gasteiger partial charge is 0.0184 e. The van der Waals surface area contributed by atoms with Crippen molar-refractivity contribution in [2.45, 2.75) is 20.3 Å². The summed E-state index contributed by atoms with van der Waals surface area (Å²) in [5.41, 5.74) is 6.32. The van der Waals surface area contributed by atoms with Crippen molar-refractivity contribution in [3.05, 3.63) is 71.9 Å². The van der Waals surface area contributed by atoms with E-state index in [2.05, 4.69) is 67.4 Å². The van der Waals surface area contributed by atoms with E-state index >= 15 is 0 Å². The van der Waals surface area contributed by atoms with Crippen LogP contribution in [0.3, 0.4) is 0 Å². The number of aryl methyl sites for hydroxylation is 1. The Kier molecular flexibility index (Phi) is 4.40. The molecule has 0 unspecified atom stereocenters. The van der Waals surface area contributed by atoms with Gasteiger partial charge >= 0.3 is 0 Å². The Balaban J connectivity index is 2.23. The first-order valence-electron chi connectivity index (χ1n) is 6.71. The van der Waals surface area contributed by atoms with Crippen LogP contribution in [-0.4, -0.2) is 6.54 Å². The number of nitrogens with one attached hydrogen (secondary N) is 1. The monoisotopic (exact) mass is 251 g/mol. The molecule has 0 saturated carbocycles. The Labute approximate surface area is 116 Å². The molecule has 1 nitrogen and oxygen atoms in total. The maximum absolute atomic E-state index is 3.87. The van der Waals surface area contributed by atoms with Crippen LogP contribution in [-0.2, 0) is 6.42 Å². The molecule has 0 fully saturated rings. The van der Waals surface area contributed by atoms with Crippen LogP contribution in [0.2, 0.25) is 0 Å². The van der Waals surface area contributed by atoms with Gasteiger partial charge in [0, 0.05) is 12.2 Å². The molecular formula is C18H21N. The van der Waals surface area contributed by atoms with E-state index in [0.29, 0.717) is 0 Å². The highest BCUT2D eigenvalue weighted by atomic mass is 14.9. The fourth-order valence-corrected chi connectivity index (χ4v) is 2.24. The zero-order valence-electron chi connectivity index (χ0n) is 11.7. The van der Waals surface area contributed by atoms with Crippen molar-refractivity contribution >= 4 is 0 Å². The van der Waals surface area contributed by atoms with Gasteiger partial charge in [0.25, 0.3) is 0 Å². The van der Waals surface area contributed by atoms with Gasteiger partial charge in [0.1, 0.15) is 0 Å². The van der Waals surface area contributed by atoms with E-state index in [1.807, 2.05) is 6.92 Å². The Hall–Kier alpha value is -2.02. The normalized spacial score (nSPS) is 10.2. The SMILES string of the molecule is C=C(C)NCCc1ccccc1-c1cccc(C)c1. The van der Waals surface area contributed by atoms with Crippen molar-refractivity contribution in [3.63, 3.8) is 0 Å². The second kappa shape index (κ2) is 6.24. The zero-order chi connectivity index (χ0) is 13.7. The molecule has 0 heterocycles. The first kappa shape index (κ1) is 13.4. The minimum absolute atomic E-state index is 0.929. The lowest BCUT2D eigenvalue weighted by Crippen LogP contribution is -2.14. The molecule has 0 aromatic heterocycles. The predicted molar refractivity (Wildman–Crippen MR) is 83.1 cm³/mol. The van der Waals surface area contributed by atoms with Crippen molar-refractivity contribution in [3.8, 4) is 11.1 Å². The largest absolute Gasteiger partial charge is 0.389 e. The lowest BCUT2D eigenvalue weighted by molar-refractivity contribution is 0.792. The van der Waals surface area contributed by atoms with E-state index in [0.717, 1.165) is 18.7 Å². The van der Waals surface area contributed by atoms with Crippen LogP contribution in [0.4, 0.5) is 0 Å². The van der Waals surface area contributed by atoms with Gasteiger partial charge < -0.3 is 5.32 Å². The number of rotatable bonds is 5. The Morgan fingerprint density at radius 1 is 1.11 bits per heavy atom. The molecule has 0 amide bonds. The molecule has 0 bridgehead atoms. The molecule has 0 spiro atoms. The molecule has 1 N–H and O–H groups in total. The molecule has 2 aromatic carbocycles. The highest BCUT2D eigenvalue weighted by molar-refractivity contribution is 5.68. The Morgan fingerprint density at radius 3 is 2.63 bits per heavy atom. The van der Waals surface area contributed by atoms with Gasteiger partial charge in [-0.1, -0.05) is 60.7 Å². The fraction of sp³-hybridized carbons (Fsp3) is 0.222. The molecule has 0 saturated heterocycles. The van der Waals surface area contributed by atoms with Crippen molar-refractivity contribution in [1.82, 2.24) is 5.32 Å². The second-order valence-electron chi connectivity index (χ2n) is 4.98. The summed E-state index contributed by atoms with van der Waals surface area (Å²) >= 11 is 0. The lowest BCUT2D eigenvalue weighted by Gasteiger charge is -2.11. The van der Waals surface area contributed by atoms with E-state index in [9.17, 15) is 0 Å². The third-order valence-electron chi connectivity index (χ3n) is 3.17. The summed E-state index contributed by atoms with van der Waals surface area (Å²) in [5, 5.41) is 3.29. The van der Waals surface area contributed by atoms with Gasteiger partial charge in [0.2, 0.25) is 0 Å². The minimum Gasteiger partial charge on any atom is -0.389 e. The molecule has 0 radical (unpaired) electrons. The van der Waals surface area contributed by atoms with Crippen LogP contribution in [0.5, 0.6) is 0 Å². The molecular weight excluding hydrogens is 230 g/mol. The van der Waals surface area contributed by atoms with E-state index < -0.39 is 0 Å². The van der Waals surface area contributed by atoms with Gasteiger partial charge in [0.05, 0.1) is 0 Å². The maximum Gasteiger partial charge on any atom is 0.0184 e. The Morgan fingerprint density at radius 2 is 1.89 bits per heavy atom. The van der Waals surface area contributed by atoms with Crippen LogP contribution in [0.15, 0.2) is 60.8 Å². The first-order valence-corrected chi connectivity index (χ1v) is 6.71. The third kappa shape index (κ3) is 3.72. The number of allylic oxidation sites excluding steroid dienone is 1. The van der Waals surface area contributed by atoms with Gasteiger partial charge in [-0.05, 0) is 37.0 Å². The van der Waals surface area contributed by atoms with E-state index in [-0.39, 0.29) is 0 Å². The van der Waals surface area contributed by atoms with Gasteiger partial charge in [0.15, 0.2) is 0 Å². The molecule has 98 valence electrons. The summed E-state index contributed by atoms with van der Waals surface area (Å²) in [4.78, 5) is 0. The molecule has 0 aliphatic heterocycles. The van der Waals surface area contributed by atoms with E-state index in [4.69, 9.17) is 0 Å². The quantitative estimate of drug-likeness (QED) is 0.834. The highest BCUT2D eigenvalue weighted by Crippen LogP contribution is 2.24. The molecule has 0 atom stereocenters. The summed E-state index contributed by atoms with van der Waals surface area (Å²) in [7, 11) is 0.